The zero-order chi connectivity index (χ0) is 16.2. The first-order valence-corrected chi connectivity index (χ1v) is 7.64. The highest BCUT2D eigenvalue weighted by atomic mass is 19.4. The molecule has 1 unspecified atom stereocenters. The Morgan fingerprint density at radius 3 is 2.50 bits per heavy atom. The molecule has 1 aliphatic rings. The molecule has 0 amide bonds. The molecule has 22 heavy (non-hydrogen) atoms. The molecule has 0 saturated carbocycles. The number of likely N-dealkylation sites (N-methyl/N-ethyl adjacent to an activating group) is 1. The van der Waals surface area contributed by atoms with E-state index in [1.165, 1.54) is 6.07 Å². The molecule has 124 valence electrons. The quantitative estimate of drug-likeness (QED) is 0.904. The summed E-state index contributed by atoms with van der Waals surface area (Å²) in [5.74, 6) is 0.272. The normalized spacial score (nSPS) is 19.1. The van der Waals surface area contributed by atoms with Crippen LogP contribution < -0.4 is 5.32 Å². The molecule has 1 atom stereocenters. The van der Waals surface area contributed by atoms with Gasteiger partial charge < -0.3 is 10.2 Å². The Kier molecular flexibility index (Phi) is 5.63. The van der Waals surface area contributed by atoms with Crippen molar-refractivity contribution in [2.24, 2.45) is 0 Å². The second kappa shape index (κ2) is 7.28. The molecule has 7 heteroatoms. The van der Waals surface area contributed by atoms with Crippen molar-refractivity contribution in [2.45, 2.75) is 26.1 Å². The maximum Gasteiger partial charge on any atom is 0.433 e. The highest BCUT2D eigenvalue weighted by molar-refractivity contribution is 5.36. The van der Waals surface area contributed by atoms with Gasteiger partial charge in [0, 0.05) is 38.8 Å². The summed E-state index contributed by atoms with van der Waals surface area (Å²) in [6.45, 7) is 9.96. The monoisotopic (exact) mass is 316 g/mol. The number of aromatic nitrogens is 1. The van der Waals surface area contributed by atoms with Crippen LogP contribution in [-0.2, 0) is 6.18 Å². The number of pyridine rings is 1. The van der Waals surface area contributed by atoms with E-state index in [0.29, 0.717) is 6.54 Å². The molecule has 0 aliphatic carbocycles. The lowest BCUT2D eigenvalue weighted by atomic mass is 10.2. The molecule has 1 aromatic heterocycles. The number of piperazine rings is 1. The number of rotatable bonds is 5. The number of nitrogens with zero attached hydrogens (tertiary/aromatic N) is 3. The summed E-state index contributed by atoms with van der Waals surface area (Å²) in [7, 11) is 0. The van der Waals surface area contributed by atoms with Gasteiger partial charge >= 0.3 is 6.18 Å². The van der Waals surface area contributed by atoms with E-state index in [0.717, 1.165) is 38.8 Å². The van der Waals surface area contributed by atoms with Crippen molar-refractivity contribution in [3.05, 3.63) is 23.9 Å². The number of hydrogen-bond donors (Lipinski definition) is 1. The Morgan fingerprint density at radius 1 is 1.23 bits per heavy atom. The van der Waals surface area contributed by atoms with Crippen LogP contribution in [0.1, 0.15) is 19.5 Å². The highest BCUT2D eigenvalue weighted by Crippen LogP contribution is 2.28. The summed E-state index contributed by atoms with van der Waals surface area (Å²) in [4.78, 5) is 8.37. The van der Waals surface area contributed by atoms with Gasteiger partial charge in [0.1, 0.15) is 11.5 Å². The molecule has 1 aliphatic heterocycles. The minimum atomic E-state index is -4.40. The fraction of sp³-hybridized carbons (Fsp3) is 0.667. The van der Waals surface area contributed by atoms with Crippen molar-refractivity contribution in [3.63, 3.8) is 0 Å². The Bertz CT molecular complexity index is 470. The smallest absolute Gasteiger partial charge is 0.368 e. The Hall–Kier alpha value is -1.34. The Labute approximate surface area is 129 Å². The van der Waals surface area contributed by atoms with Gasteiger partial charge in [0.15, 0.2) is 0 Å². The molecule has 2 rings (SSSR count). The van der Waals surface area contributed by atoms with Crippen molar-refractivity contribution in [1.82, 2.24) is 14.8 Å². The van der Waals surface area contributed by atoms with Crippen LogP contribution >= 0.6 is 0 Å². The lowest BCUT2D eigenvalue weighted by molar-refractivity contribution is -0.141. The average molecular weight is 316 g/mol. The van der Waals surface area contributed by atoms with Crippen LogP contribution in [0.25, 0.3) is 0 Å². The molecule has 1 aromatic rings. The van der Waals surface area contributed by atoms with Crippen molar-refractivity contribution in [3.8, 4) is 0 Å². The third-order valence-electron chi connectivity index (χ3n) is 4.10. The third-order valence-corrected chi connectivity index (χ3v) is 4.10. The van der Waals surface area contributed by atoms with Gasteiger partial charge in [0.05, 0.1) is 0 Å². The number of alkyl halides is 3. The van der Waals surface area contributed by atoms with Crippen molar-refractivity contribution < 1.29 is 13.2 Å². The summed E-state index contributed by atoms with van der Waals surface area (Å²) in [5.41, 5.74) is -0.860. The van der Waals surface area contributed by atoms with E-state index in [2.05, 4.69) is 33.9 Å². The lowest BCUT2D eigenvalue weighted by Gasteiger charge is -2.37. The summed E-state index contributed by atoms with van der Waals surface area (Å²) in [6.07, 6.45) is -4.40. The second-order valence-electron chi connectivity index (χ2n) is 5.61. The van der Waals surface area contributed by atoms with Crippen LogP contribution in [-0.4, -0.2) is 60.1 Å². The van der Waals surface area contributed by atoms with Gasteiger partial charge in [-0.25, -0.2) is 4.98 Å². The van der Waals surface area contributed by atoms with Gasteiger partial charge in [-0.3, -0.25) is 4.90 Å². The fourth-order valence-electron chi connectivity index (χ4n) is 2.59. The van der Waals surface area contributed by atoms with Gasteiger partial charge in [0.25, 0.3) is 0 Å². The summed E-state index contributed by atoms with van der Waals surface area (Å²) in [5, 5.41) is 3.01. The maximum absolute atomic E-state index is 12.6. The van der Waals surface area contributed by atoms with Gasteiger partial charge in [-0.15, -0.1) is 0 Å². The van der Waals surface area contributed by atoms with E-state index in [1.54, 1.807) is 6.07 Å². The largest absolute Gasteiger partial charge is 0.433 e. The van der Waals surface area contributed by atoms with E-state index in [1.807, 2.05) is 0 Å². The third kappa shape index (κ3) is 4.58. The van der Waals surface area contributed by atoms with E-state index >= 15 is 0 Å². The molecular weight excluding hydrogens is 293 g/mol. The molecule has 0 bridgehead atoms. The first kappa shape index (κ1) is 17.0. The minimum absolute atomic E-state index is 0.260. The van der Waals surface area contributed by atoms with Gasteiger partial charge in [-0.1, -0.05) is 13.0 Å². The molecule has 1 N–H and O–H groups in total. The molecule has 1 saturated heterocycles. The minimum Gasteiger partial charge on any atom is -0.368 e. The molecule has 0 spiro atoms. The molecule has 2 heterocycles. The second-order valence-corrected chi connectivity index (χ2v) is 5.61. The van der Waals surface area contributed by atoms with Gasteiger partial charge in [-0.05, 0) is 25.6 Å². The van der Waals surface area contributed by atoms with Gasteiger partial charge in [-0.2, -0.15) is 13.2 Å². The first-order valence-electron chi connectivity index (χ1n) is 7.64. The Morgan fingerprint density at radius 2 is 1.91 bits per heavy atom. The van der Waals surface area contributed by atoms with Crippen LogP contribution in [0, 0.1) is 0 Å². The van der Waals surface area contributed by atoms with E-state index < -0.39 is 11.9 Å². The summed E-state index contributed by atoms with van der Waals surface area (Å²) >= 11 is 0. The van der Waals surface area contributed by atoms with Gasteiger partial charge in [0.2, 0.25) is 0 Å². The van der Waals surface area contributed by atoms with E-state index in [9.17, 15) is 13.2 Å². The summed E-state index contributed by atoms with van der Waals surface area (Å²) < 4.78 is 37.9. The Balaban J connectivity index is 1.85. The van der Waals surface area contributed by atoms with Crippen molar-refractivity contribution in [2.75, 3.05) is 44.6 Å². The first-order chi connectivity index (χ1) is 10.4. The standard InChI is InChI=1S/C15H23F3N4/c1-3-21-7-9-22(10-8-21)12(2)11-19-14-6-4-5-13(20-14)15(16,17)18/h4-6,12H,3,7-11H2,1-2H3,(H,19,20). The zero-order valence-corrected chi connectivity index (χ0v) is 13.0. The number of anilines is 1. The van der Waals surface area contributed by atoms with Crippen LogP contribution in [0.2, 0.25) is 0 Å². The SMILES string of the molecule is CCN1CCN(C(C)CNc2cccc(C(F)(F)F)n2)CC1. The molecule has 0 radical (unpaired) electrons. The lowest BCUT2D eigenvalue weighted by Crippen LogP contribution is -2.51. The molecule has 4 nitrogen and oxygen atoms in total. The predicted molar refractivity (Wildman–Crippen MR) is 80.9 cm³/mol. The predicted octanol–water partition coefficient (Wildman–Crippen LogP) is 2.54. The van der Waals surface area contributed by atoms with Crippen LogP contribution in [0.4, 0.5) is 19.0 Å². The zero-order valence-electron chi connectivity index (χ0n) is 13.0. The number of hydrogen-bond acceptors (Lipinski definition) is 4. The fourth-order valence-corrected chi connectivity index (χ4v) is 2.59. The average Bonchev–Trinajstić information content (AvgIpc) is 2.52. The molecule has 1 fully saturated rings. The van der Waals surface area contributed by atoms with Crippen LogP contribution in [0.15, 0.2) is 18.2 Å². The van der Waals surface area contributed by atoms with Crippen molar-refractivity contribution >= 4 is 5.82 Å². The number of nitrogens with one attached hydrogen (secondary N) is 1. The van der Waals surface area contributed by atoms with Crippen LogP contribution in [0.5, 0.6) is 0 Å². The van der Waals surface area contributed by atoms with Crippen molar-refractivity contribution in [1.29, 1.82) is 0 Å². The maximum atomic E-state index is 12.6. The van der Waals surface area contributed by atoms with E-state index in [-0.39, 0.29) is 11.9 Å². The van der Waals surface area contributed by atoms with E-state index in [4.69, 9.17) is 0 Å². The van der Waals surface area contributed by atoms with Crippen LogP contribution in [0.3, 0.4) is 0 Å². The summed E-state index contributed by atoms with van der Waals surface area (Å²) in [6, 6.07) is 4.19. The topological polar surface area (TPSA) is 31.4 Å². The number of halogens is 3. The molecule has 0 aromatic carbocycles. The highest BCUT2D eigenvalue weighted by Gasteiger charge is 2.32. The molecular formula is C15H23F3N4.